The van der Waals surface area contributed by atoms with Gasteiger partial charge >= 0.3 is 0 Å². The summed E-state index contributed by atoms with van der Waals surface area (Å²) in [5.41, 5.74) is 3.51. The number of benzene rings is 2. The summed E-state index contributed by atoms with van der Waals surface area (Å²) in [5, 5.41) is 1.32. The zero-order valence-electron chi connectivity index (χ0n) is 25.4. The number of hydrogen-bond donors (Lipinski definition) is 0. The van der Waals surface area contributed by atoms with Gasteiger partial charge in [-0.25, -0.2) is 9.56 Å². The van der Waals surface area contributed by atoms with Crippen LogP contribution in [-0.4, -0.2) is 108 Å². The van der Waals surface area contributed by atoms with Gasteiger partial charge in [0.15, 0.2) is 0 Å². The molecule has 0 saturated heterocycles. The lowest BCUT2D eigenvalue weighted by Crippen LogP contribution is -3.00. The van der Waals surface area contributed by atoms with E-state index in [1.165, 1.54) is 39.9 Å². The maximum atomic E-state index is 5.05. The Balaban J connectivity index is 0.00000533. The van der Waals surface area contributed by atoms with E-state index in [9.17, 15) is 0 Å². The third kappa shape index (κ3) is 11.1. The van der Waals surface area contributed by atoms with Crippen LogP contribution in [0.15, 0.2) is 36.4 Å². The molecule has 1 aromatic rings. The molecule has 0 unspecified atom stereocenters. The monoisotopic (exact) mass is 618 g/mol. The summed E-state index contributed by atoms with van der Waals surface area (Å²) in [5.74, 6) is 0. The highest BCUT2D eigenvalue weighted by molar-refractivity contribution is 7.21. The van der Waals surface area contributed by atoms with E-state index in [-0.39, 0.29) is 17.0 Å². The maximum Gasteiger partial charge on any atom is 0.201 e. The number of nitrogens with zero attached hydrogens (tertiary/aromatic N) is 6. The molecule has 0 atom stereocenters. The number of hydrogen-bond acceptors (Lipinski definition) is 6. The molecule has 8 heteroatoms. The molecule has 0 radical (unpaired) electrons. The molecule has 2 aliphatic rings. The number of halogens is 1. The summed E-state index contributed by atoms with van der Waals surface area (Å²) in [6.45, 7) is 9.97. The predicted molar refractivity (Wildman–Crippen MR) is 168 cm³/mol. The molecule has 1 aliphatic carbocycles. The van der Waals surface area contributed by atoms with Crippen LogP contribution >= 0.6 is 11.3 Å². The first-order valence-corrected chi connectivity index (χ1v) is 15.2. The van der Waals surface area contributed by atoms with Gasteiger partial charge in [0.1, 0.15) is 13.1 Å². The van der Waals surface area contributed by atoms with Gasteiger partial charge in [0.2, 0.25) is 5.36 Å². The molecular formula is C31H51BrN6S. The zero-order valence-corrected chi connectivity index (χ0v) is 27.8. The highest BCUT2D eigenvalue weighted by atomic mass is 79.9. The average Bonchev–Trinajstić information content (AvgIpc) is 2.87. The first-order valence-electron chi connectivity index (χ1n) is 14.4. The Morgan fingerprint density at radius 3 is 1.95 bits per heavy atom. The van der Waals surface area contributed by atoms with Gasteiger partial charge in [-0.3, -0.25) is 0 Å². The van der Waals surface area contributed by atoms with Crippen LogP contribution in [-0.2, 0) is 0 Å². The quantitative estimate of drug-likeness (QED) is 0.180. The van der Waals surface area contributed by atoms with Crippen molar-refractivity contribution in [1.82, 2.24) is 24.3 Å². The molecule has 0 bridgehead atoms. The minimum absolute atomic E-state index is 0. The Hall–Kier alpha value is -1.58. The Morgan fingerprint density at radius 1 is 0.718 bits per heavy atom. The number of fused-ring (bicyclic) bond motifs is 2. The molecule has 218 valence electrons. The van der Waals surface area contributed by atoms with Crippen molar-refractivity contribution < 1.29 is 17.0 Å². The number of aromatic nitrogens is 1. The lowest BCUT2D eigenvalue weighted by atomic mass is 10.2. The van der Waals surface area contributed by atoms with Crippen molar-refractivity contribution in [3.05, 3.63) is 41.8 Å². The van der Waals surface area contributed by atoms with Crippen LogP contribution in [0.4, 0.5) is 5.69 Å². The second-order valence-corrected chi connectivity index (χ2v) is 12.4. The molecule has 1 aromatic carbocycles. The third-order valence-corrected chi connectivity index (χ3v) is 8.05. The largest absolute Gasteiger partial charge is 1.00 e. The Bertz CT molecular complexity index is 1140. The molecule has 3 rings (SSSR count). The minimum Gasteiger partial charge on any atom is -1.00 e. The van der Waals surface area contributed by atoms with Crippen molar-refractivity contribution in [2.45, 2.75) is 39.0 Å². The van der Waals surface area contributed by atoms with Gasteiger partial charge in [-0.1, -0.05) is 13.3 Å². The van der Waals surface area contributed by atoms with Gasteiger partial charge in [-0.05, 0) is 85.9 Å². The van der Waals surface area contributed by atoms with Crippen LogP contribution in [0.3, 0.4) is 0 Å². The number of rotatable bonds is 16. The topological polar surface area (TPSA) is 28.9 Å². The molecule has 39 heavy (non-hydrogen) atoms. The summed E-state index contributed by atoms with van der Waals surface area (Å²) in [6, 6.07) is 13.7. The SMILES string of the molecule is CCCCN(CCCN(C)C)c1ccc2nc3ccc(=[N+](CCCN(C)C)CCCN(C)C)cc-3sc2c1.[Br-]. The van der Waals surface area contributed by atoms with E-state index < -0.39 is 0 Å². The van der Waals surface area contributed by atoms with Gasteiger partial charge in [0.05, 0.1) is 20.8 Å². The van der Waals surface area contributed by atoms with Crippen LogP contribution in [0.1, 0.15) is 39.0 Å². The fourth-order valence-corrected chi connectivity index (χ4v) is 5.85. The molecule has 0 saturated carbocycles. The van der Waals surface area contributed by atoms with Crippen LogP contribution in [0.25, 0.3) is 20.8 Å². The molecule has 0 amide bonds. The average molecular weight is 620 g/mol. The van der Waals surface area contributed by atoms with Crippen LogP contribution in [0, 0.1) is 0 Å². The minimum atomic E-state index is 0. The Morgan fingerprint density at radius 2 is 1.33 bits per heavy atom. The molecule has 0 spiro atoms. The lowest BCUT2D eigenvalue weighted by molar-refractivity contribution is -0.00000817. The Kier molecular flexibility index (Phi) is 14.9. The van der Waals surface area contributed by atoms with E-state index >= 15 is 0 Å². The molecule has 0 fully saturated rings. The summed E-state index contributed by atoms with van der Waals surface area (Å²) in [6.07, 6.45) is 5.94. The van der Waals surface area contributed by atoms with Crippen molar-refractivity contribution in [3.63, 3.8) is 0 Å². The molecule has 1 heterocycles. The summed E-state index contributed by atoms with van der Waals surface area (Å²) < 4.78 is 3.84. The normalized spacial score (nSPS) is 11.6. The van der Waals surface area contributed by atoms with Crippen molar-refractivity contribution >= 4 is 27.2 Å². The van der Waals surface area contributed by atoms with Crippen molar-refractivity contribution in [1.29, 1.82) is 0 Å². The van der Waals surface area contributed by atoms with E-state index in [0.29, 0.717) is 0 Å². The summed E-state index contributed by atoms with van der Waals surface area (Å²) >= 11 is 1.88. The number of unbranched alkanes of at least 4 members (excludes halogenated alkanes) is 1. The standard InChI is InChI=1S/C31H51N6S.BrH/c1-8-9-20-36(21-10-17-33(2)3)26-13-15-28-30(24-26)38-31-25-27(14-16-29(31)32-28)37(22-11-18-34(4)5)23-12-19-35(6)7;/h13-16,24-25H,8-12,17-23H2,1-7H3;1H/q+1;/p-1. The van der Waals surface area contributed by atoms with Crippen molar-refractivity contribution in [3.8, 4) is 10.6 Å². The first kappa shape index (κ1) is 33.6. The van der Waals surface area contributed by atoms with E-state index in [2.05, 4.69) is 110 Å². The molecule has 0 N–H and O–H groups in total. The Labute approximate surface area is 252 Å². The molecular weight excluding hydrogens is 568 g/mol. The predicted octanol–water partition coefficient (Wildman–Crippen LogP) is 1.64. The first-order chi connectivity index (χ1) is 18.3. The van der Waals surface area contributed by atoms with Crippen LogP contribution in [0.2, 0.25) is 0 Å². The third-order valence-electron chi connectivity index (χ3n) is 6.96. The van der Waals surface area contributed by atoms with E-state index in [4.69, 9.17) is 4.98 Å². The van der Waals surface area contributed by atoms with E-state index in [0.717, 1.165) is 69.9 Å². The highest BCUT2D eigenvalue weighted by Gasteiger charge is 2.14. The number of anilines is 1. The van der Waals surface area contributed by atoms with Gasteiger partial charge in [-0.15, -0.1) is 11.3 Å². The van der Waals surface area contributed by atoms with Crippen LogP contribution in [0.5, 0.6) is 0 Å². The van der Waals surface area contributed by atoms with Crippen molar-refractivity contribution in [2.24, 2.45) is 0 Å². The maximum absolute atomic E-state index is 5.05. The molecule has 1 aliphatic heterocycles. The highest BCUT2D eigenvalue weighted by Crippen LogP contribution is 2.32. The lowest BCUT2D eigenvalue weighted by Gasteiger charge is -2.26. The van der Waals surface area contributed by atoms with E-state index in [1.807, 2.05) is 11.3 Å². The second kappa shape index (κ2) is 17.3. The van der Waals surface area contributed by atoms with Crippen molar-refractivity contribution in [2.75, 3.05) is 93.0 Å². The van der Waals surface area contributed by atoms with E-state index in [1.54, 1.807) is 0 Å². The summed E-state index contributed by atoms with van der Waals surface area (Å²) in [7, 11) is 12.9. The van der Waals surface area contributed by atoms with Gasteiger partial charge in [0.25, 0.3) is 0 Å². The van der Waals surface area contributed by atoms with Gasteiger partial charge in [-0.2, -0.15) is 0 Å². The molecule has 6 nitrogen and oxygen atoms in total. The van der Waals surface area contributed by atoms with Gasteiger partial charge < -0.3 is 36.6 Å². The van der Waals surface area contributed by atoms with Gasteiger partial charge in [0, 0.05) is 56.8 Å². The fraction of sp³-hybridized carbons (Fsp3) is 0.613. The molecule has 0 aromatic heterocycles. The zero-order chi connectivity index (χ0) is 27.5. The second-order valence-electron chi connectivity index (χ2n) is 11.3. The fourth-order valence-electron chi connectivity index (χ4n) is 4.82. The summed E-state index contributed by atoms with van der Waals surface area (Å²) in [4.78, 5) is 15.7. The smallest absolute Gasteiger partial charge is 0.201 e. The van der Waals surface area contributed by atoms with Crippen LogP contribution < -0.4 is 31.8 Å².